The zero-order valence-corrected chi connectivity index (χ0v) is 14.1. The van der Waals surface area contributed by atoms with E-state index in [-0.39, 0.29) is 27.9 Å². The summed E-state index contributed by atoms with van der Waals surface area (Å²) in [6.45, 7) is 2.38. The van der Waals surface area contributed by atoms with E-state index in [1.54, 1.807) is 6.92 Å². The van der Waals surface area contributed by atoms with Crippen molar-refractivity contribution in [2.75, 3.05) is 6.54 Å². The third-order valence-electron chi connectivity index (χ3n) is 3.13. The maximum Gasteiger partial charge on any atom is 0.251 e. The molecule has 0 spiro atoms. The van der Waals surface area contributed by atoms with E-state index in [1.165, 1.54) is 18.2 Å². The summed E-state index contributed by atoms with van der Waals surface area (Å²) in [5.41, 5.74) is 1.07. The number of nitrogens with one attached hydrogen (secondary N) is 2. The lowest BCUT2D eigenvalue weighted by atomic mass is 10.2. The third-order valence-corrected chi connectivity index (χ3v) is 5.01. The van der Waals surface area contributed by atoms with Crippen molar-refractivity contribution in [1.29, 1.82) is 0 Å². The molecule has 7 heteroatoms. The smallest absolute Gasteiger partial charge is 0.251 e. The number of benzene rings is 2. The number of hydrogen-bond donors (Lipinski definition) is 2. The van der Waals surface area contributed by atoms with Crippen LogP contribution in [0, 0.1) is 0 Å². The van der Waals surface area contributed by atoms with Crippen molar-refractivity contribution in [3.63, 3.8) is 0 Å². The van der Waals surface area contributed by atoms with E-state index in [0.29, 0.717) is 6.54 Å². The summed E-state index contributed by atoms with van der Waals surface area (Å²) in [6.07, 6.45) is 0. The minimum absolute atomic E-state index is 0.0682. The number of amides is 1. The summed E-state index contributed by atoms with van der Waals surface area (Å²) < 4.78 is 27.4. The molecule has 0 atom stereocenters. The molecule has 0 radical (unpaired) electrons. The number of carbonyl (C=O) groups is 1. The second kappa shape index (κ2) is 7.59. The molecule has 5 nitrogen and oxygen atoms in total. The number of carbonyl (C=O) groups excluding carboxylic acids is 1. The highest BCUT2D eigenvalue weighted by Gasteiger charge is 2.19. The van der Waals surface area contributed by atoms with E-state index < -0.39 is 10.0 Å². The van der Waals surface area contributed by atoms with Gasteiger partial charge in [-0.05, 0) is 30.7 Å². The molecule has 0 bridgehead atoms. The predicted octanol–water partition coefficient (Wildman–Crippen LogP) is 2.57. The van der Waals surface area contributed by atoms with Gasteiger partial charge in [0, 0.05) is 18.7 Å². The van der Waals surface area contributed by atoms with Crippen molar-refractivity contribution in [1.82, 2.24) is 10.0 Å². The highest BCUT2D eigenvalue weighted by Crippen LogP contribution is 2.23. The van der Waals surface area contributed by atoms with Crippen LogP contribution in [0.1, 0.15) is 22.8 Å². The van der Waals surface area contributed by atoms with Crippen LogP contribution in [0.5, 0.6) is 0 Å². The van der Waals surface area contributed by atoms with Crippen molar-refractivity contribution in [3.8, 4) is 0 Å². The number of sulfonamides is 1. The van der Waals surface area contributed by atoms with E-state index >= 15 is 0 Å². The van der Waals surface area contributed by atoms with Gasteiger partial charge in [-0.1, -0.05) is 41.9 Å². The molecule has 0 fully saturated rings. The minimum atomic E-state index is -3.82. The third kappa shape index (κ3) is 4.54. The molecular formula is C16H17ClN2O3S. The minimum Gasteiger partial charge on any atom is -0.352 e. The lowest BCUT2D eigenvalue weighted by molar-refractivity contribution is 0.0955. The molecule has 2 aromatic rings. The first kappa shape index (κ1) is 17.5. The van der Waals surface area contributed by atoms with Gasteiger partial charge in [0.1, 0.15) is 4.90 Å². The van der Waals surface area contributed by atoms with Gasteiger partial charge < -0.3 is 5.32 Å². The van der Waals surface area contributed by atoms with Crippen LogP contribution in [0.25, 0.3) is 0 Å². The number of rotatable bonds is 6. The van der Waals surface area contributed by atoms with Crippen LogP contribution in [0.4, 0.5) is 0 Å². The molecule has 23 heavy (non-hydrogen) atoms. The summed E-state index contributed by atoms with van der Waals surface area (Å²) in [5.74, 6) is -0.344. The normalized spacial score (nSPS) is 11.2. The van der Waals surface area contributed by atoms with E-state index in [9.17, 15) is 13.2 Å². The SMILES string of the molecule is CCNC(=O)c1ccc(Cl)c(S(=O)(=O)NCc2ccccc2)c1. The van der Waals surface area contributed by atoms with Gasteiger partial charge in [-0.15, -0.1) is 0 Å². The topological polar surface area (TPSA) is 75.3 Å². The fourth-order valence-electron chi connectivity index (χ4n) is 1.97. The molecule has 1 amide bonds. The van der Waals surface area contributed by atoms with Crippen LogP contribution < -0.4 is 10.0 Å². The van der Waals surface area contributed by atoms with Gasteiger partial charge in [-0.3, -0.25) is 4.79 Å². The predicted molar refractivity (Wildman–Crippen MR) is 89.9 cm³/mol. The second-order valence-corrected chi connectivity index (χ2v) is 6.96. The molecule has 0 aliphatic heterocycles. The van der Waals surface area contributed by atoms with E-state index in [0.717, 1.165) is 5.56 Å². The molecule has 122 valence electrons. The number of halogens is 1. The lowest BCUT2D eigenvalue weighted by Gasteiger charge is -2.10. The molecule has 0 heterocycles. The van der Waals surface area contributed by atoms with E-state index in [1.807, 2.05) is 30.3 Å². The first-order valence-electron chi connectivity index (χ1n) is 7.05. The van der Waals surface area contributed by atoms with Crippen LogP contribution in [0.15, 0.2) is 53.4 Å². The summed E-state index contributed by atoms with van der Waals surface area (Å²) in [6, 6.07) is 13.3. The van der Waals surface area contributed by atoms with Crippen molar-refractivity contribution < 1.29 is 13.2 Å². The van der Waals surface area contributed by atoms with E-state index in [2.05, 4.69) is 10.0 Å². The largest absolute Gasteiger partial charge is 0.352 e. The van der Waals surface area contributed by atoms with Gasteiger partial charge in [-0.2, -0.15) is 0 Å². The monoisotopic (exact) mass is 352 g/mol. The highest BCUT2D eigenvalue weighted by molar-refractivity contribution is 7.89. The van der Waals surface area contributed by atoms with Crippen molar-refractivity contribution in [2.24, 2.45) is 0 Å². The summed E-state index contributed by atoms with van der Waals surface area (Å²) in [7, 11) is -3.82. The van der Waals surface area contributed by atoms with Gasteiger partial charge in [0.05, 0.1) is 5.02 Å². The standard InChI is InChI=1S/C16H17ClN2O3S/c1-2-18-16(20)13-8-9-14(17)15(10-13)23(21,22)19-11-12-6-4-3-5-7-12/h3-10,19H,2,11H2,1H3,(H,18,20). The van der Waals surface area contributed by atoms with E-state index in [4.69, 9.17) is 11.6 Å². The van der Waals surface area contributed by atoms with Crippen molar-refractivity contribution in [3.05, 3.63) is 64.7 Å². The second-order valence-electron chi connectivity index (χ2n) is 4.81. The van der Waals surface area contributed by atoms with Crippen LogP contribution in [0.3, 0.4) is 0 Å². The molecule has 2 N–H and O–H groups in total. The molecule has 0 saturated carbocycles. The molecule has 0 aliphatic rings. The Labute approximate surface area is 140 Å². The molecule has 0 aromatic heterocycles. The van der Waals surface area contributed by atoms with Crippen LogP contribution in [-0.4, -0.2) is 20.9 Å². The Hall–Kier alpha value is -1.89. The highest BCUT2D eigenvalue weighted by atomic mass is 35.5. The van der Waals surface area contributed by atoms with Gasteiger partial charge in [0.2, 0.25) is 10.0 Å². The molecule has 2 aromatic carbocycles. The Bertz CT molecular complexity index is 792. The average molecular weight is 353 g/mol. The first-order chi connectivity index (χ1) is 10.9. The Morgan fingerprint density at radius 3 is 2.48 bits per heavy atom. The molecule has 0 aliphatic carbocycles. The molecular weight excluding hydrogens is 336 g/mol. The zero-order valence-electron chi connectivity index (χ0n) is 12.5. The fraction of sp³-hybridized carbons (Fsp3) is 0.188. The quantitative estimate of drug-likeness (QED) is 0.839. The Kier molecular flexibility index (Phi) is 5.76. The van der Waals surface area contributed by atoms with Gasteiger partial charge in [0.25, 0.3) is 5.91 Å². The van der Waals surface area contributed by atoms with Crippen molar-refractivity contribution >= 4 is 27.5 Å². The Balaban J connectivity index is 2.24. The zero-order chi connectivity index (χ0) is 16.9. The summed E-state index contributed by atoms with van der Waals surface area (Å²) in [5, 5.41) is 2.69. The molecule has 0 unspecified atom stereocenters. The molecule has 0 saturated heterocycles. The first-order valence-corrected chi connectivity index (χ1v) is 8.91. The average Bonchev–Trinajstić information content (AvgIpc) is 2.54. The molecule has 2 rings (SSSR count). The van der Waals surface area contributed by atoms with Crippen molar-refractivity contribution in [2.45, 2.75) is 18.4 Å². The maximum absolute atomic E-state index is 12.4. The van der Waals surface area contributed by atoms with Gasteiger partial charge in [-0.25, -0.2) is 13.1 Å². The van der Waals surface area contributed by atoms with Crippen LogP contribution >= 0.6 is 11.6 Å². The maximum atomic E-state index is 12.4. The Morgan fingerprint density at radius 1 is 1.13 bits per heavy atom. The summed E-state index contributed by atoms with van der Waals surface area (Å²) >= 11 is 5.99. The number of hydrogen-bond acceptors (Lipinski definition) is 3. The summed E-state index contributed by atoms with van der Waals surface area (Å²) in [4.78, 5) is 11.7. The van der Waals surface area contributed by atoms with Gasteiger partial charge in [0.15, 0.2) is 0 Å². The lowest BCUT2D eigenvalue weighted by Crippen LogP contribution is -2.25. The Morgan fingerprint density at radius 2 is 1.83 bits per heavy atom. The van der Waals surface area contributed by atoms with Crippen LogP contribution in [-0.2, 0) is 16.6 Å². The van der Waals surface area contributed by atoms with Gasteiger partial charge >= 0.3 is 0 Å². The fourth-order valence-corrected chi connectivity index (χ4v) is 3.51. The van der Waals surface area contributed by atoms with Crippen LogP contribution in [0.2, 0.25) is 5.02 Å².